The summed E-state index contributed by atoms with van der Waals surface area (Å²) < 4.78 is 0. The monoisotopic (exact) mass is 362 g/mol. The highest BCUT2D eigenvalue weighted by Crippen LogP contribution is 2.38. The molecule has 0 radical (unpaired) electrons. The summed E-state index contributed by atoms with van der Waals surface area (Å²) in [6, 6.07) is 7.03. The average Bonchev–Trinajstić information content (AvgIpc) is 2.44. The van der Waals surface area contributed by atoms with E-state index < -0.39 is 11.8 Å². The van der Waals surface area contributed by atoms with Crippen molar-refractivity contribution in [2.24, 2.45) is 0 Å². The number of carbonyl (C=O) groups excluding carboxylic acids is 1. The molecule has 21 heavy (non-hydrogen) atoms. The van der Waals surface area contributed by atoms with Gasteiger partial charge in [-0.2, -0.15) is 0 Å². The van der Waals surface area contributed by atoms with Crippen molar-refractivity contribution in [2.75, 3.05) is 0 Å². The number of hydrogen-bond donors (Lipinski definition) is 1. The second-order valence-corrected chi connectivity index (χ2v) is 5.59. The number of aromatic carboxylic acids is 1. The number of carbonyl (C=O) groups is 2. The molecule has 3 nitrogen and oxygen atoms in total. The minimum absolute atomic E-state index is 0.000378. The molecule has 0 aromatic heterocycles. The van der Waals surface area contributed by atoms with Crippen molar-refractivity contribution in [1.82, 2.24) is 0 Å². The third-order valence-corrected chi connectivity index (χ3v) is 4.30. The first-order valence-corrected chi connectivity index (χ1v) is 7.05. The zero-order valence-corrected chi connectivity index (χ0v) is 13.2. The van der Waals surface area contributed by atoms with Gasteiger partial charge in [0.15, 0.2) is 5.78 Å². The number of carboxylic acids is 1. The molecule has 1 N–H and O–H groups in total. The Morgan fingerprint density at radius 1 is 0.857 bits per heavy atom. The van der Waals surface area contributed by atoms with Gasteiger partial charge in [0, 0.05) is 5.56 Å². The number of rotatable bonds is 3. The van der Waals surface area contributed by atoms with Crippen molar-refractivity contribution >= 4 is 58.2 Å². The van der Waals surface area contributed by atoms with Gasteiger partial charge in [-0.25, -0.2) is 4.79 Å². The molecule has 2 rings (SSSR count). The number of carboxylic acid groups (broad SMARTS) is 1. The van der Waals surface area contributed by atoms with Gasteiger partial charge in [-0.15, -0.1) is 0 Å². The third-order valence-electron chi connectivity index (χ3n) is 2.74. The molecule has 2 aromatic rings. The summed E-state index contributed by atoms with van der Waals surface area (Å²) in [6.07, 6.45) is 0. The first-order chi connectivity index (χ1) is 9.84. The predicted molar refractivity (Wildman–Crippen MR) is 83.3 cm³/mol. The normalized spacial score (nSPS) is 10.5. The van der Waals surface area contributed by atoms with E-state index in [-0.39, 0.29) is 36.8 Å². The third kappa shape index (κ3) is 3.01. The van der Waals surface area contributed by atoms with E-state index in [0.717, 1.165) is 0 Å². The van der Waals surface area contributed by atoms with Crippen LogP contribution in [0.3, 0.4) is 0 Å². The fourth-order valence-corrected chi connectivity index (χ4v) is 2.86. The summed E-state index contributed by atoms with van der Waals surface area (Å²) in [5.74, 6) is -1.87. The molecule has 0 unspecified atom stereocenters. The van der Waals surface area contributed by atoms with Crippen LogP contribution in [-0.2, 0) is 0 Å². The number of benzene rings is 2. The molecule has 0 fully saturated rings. The second kappa shape index (κ2) is 6.24. The Morgan fingerprint density at radius 3 is 2.00 bits per heavy atom. The van der Waals surface area contributed by atoms with Crippen LogP contribution < -0.4 is 0 Å². The lowest BCUT2D eigenvalue weighted by Crippen LogP contribution is -2.10. The highest BCUT2D eigenvalue weighted by molar-refractivity contribution is 6.51. The molecule has 0 spiro atoms. The number of halogens is 4. The standard InChI is InChI=1S/C14H6Cl4O3/c15-8-5-9(16)11(17)12(18)10(8)13(19)6-3-1-2-4-7(6)14(20)21/h1-5H,(H,20,21). The van der Waals surface area contributed by atoms with Gasteiger partial charge in [0.25, 0.3) is 0 Å². The first-order valence-electron chi connectivity index (χ1n) is 5.54. The minimum atomic E-state index is -1.23. The fourth-order valence-electron chi connectivity index (χ4n) is 1.78. The van der Waals surface area contributed by atoms with E-state index in [1.54, 1.807) is 6.07 Å². The highest BCUT2D eigenvalue weighted by atomic mass is 35.5. The topological polar surface area (TPSA) is 54.4 Å². The van der Waals surface area contributed by atoms with Gasteiger partial charge in [0.05, 0.1) is 31.2 Å². The van der Waals surface area contributed by atoms with Gasteiger partial charge in [-0.05, 0) is 12.1 Å². The van der Waals surface area contributed by atoms with E-state index in [1.165, 1.54) is 24.3 Å². The van der Waals surface area contributed by atoms with Gasteiger partial charge >= 0.3 is 5.97 Å². The highest BCUT2D eigenvalue weighted by Gasteiger charge is 2.24. The molecular weight excluding hydrogens is 358 g/mol. The van der Waals surface area contributed by atoms with E-state index in [1.807, 2.05) is 0 Å². The molecule has 2 aromatic carbocycles. The van der Waals surface area contributed by atoms with Gasteiger partial charge in [-0.1, -0.05) is 64.6 Å². The summed E-state index contributed by atoms with van der Waals surface area (Å²) in [5.41, 5.74) is -0.269. The molecule has 0 amide bonds. The molecule has 0 bridgehead atoms. The molecule has 0 atom stereocenters. The summed E-state index contributed by atoms with van der Waals surface area (Å²) in [4.78, 5) is 23.7. The molecule has 0 aliphatic heterocycles. The average molecular weight is 364 g/mol. The lowest BCUT2D eigenvalue weighted by Gasteiger charge is -2.10. The molecule has 0 saturated carbocycles. The number of ketones is 1. The molecule has 0 aliphatic rings. The van der Waals surface area contributed by atoms with Crippen molar-refractivity contribution < 1.29 is 14.7 Å². The number of hydrogen-bond acceptors (Lipinski definition) is 2. The Morgan fingerprint density at radius 2 is 1.43 bits per heavy atom. The van der Waals surface area contributed by atoms with Crippen LogP contribution in [0, 0.1) is 0 Å². The van der Waals surface area contributed by atoms with Crippen molar-refractivity contribution in [3.05, 3.63) is 67.1 Å². The smallest absolute Gasteiger partial charge is 0.336 e. The van der Waals surface area contributed by atoms with Crippen LogP contribution in [0.5, 0.6) is 0 Å². The Labute approximate surface area is 140 Å². The minimum Gasteiger partial charge on any atom is -0.478 e. The van der Waals surface area contributed by atoms with Gasteiger partial charge in [0.2, 0.25) is 0 Å². The van der Waals surface area contributed by atoms with Crippen molar-refractivity contribution in [3.8, 4) is 0 Å². The van der Waals surface area contributed by atoms with Gasteiger partial charge < -0.3 is 5.11 Å². The summed E-state index contributed by atoms with van der Waals surface area (Å²) in [6.45, 7) is 0. The zero-order chi connectivity index (χ0) is 15.7. The van der Waals surface area contributed by atoms with E-state index in [2.05, 4.69) is 0 Å². The van der Waals surface area contributed by atoms with Gasteiger partial charge in [0.1, 0.15) is 0 Å². The Kier molecular flexibility index (Phi) is 4.79. The largest absolute Gasteiger partial charge is 0.478 e. The summed E-state index contributed by atoms with van der Waals surface area (Å²) >= 11 is 23.7. The van der Waals surface area contributed by atoms with Crippen LogP contribution in [0.15, 0.2) is 30.3 Å². The Bertz CT molecular complexity index is 756. The van der Waals surface area contributed by atoms with Crippen LogP contribution in [0.2, 0.25) is 20.1 Å². The van der Waals surface area contributed by atoms with E-state index >= 15 is 0 Å². The van der Waals surface area contributed by atoms with Crippen molar-refractivity contribution in [1.29, 1.82) is 0 Å². The molecule has 108 valence electrons. The molecule has 0 saturated heterocycles. The lowest BCUT2D eigenvalue weighted by molar-refractivity contribution is 0.0693. The van der Waals surface area contributed by atoms with Crippen LogP contribution in [-0.4, -0.2) is 16.9 Å². The summed E-state index contributed by atoms with van der Waals surface area (Å²) in [5, 5.41) is 9.11. The summed E-state index contributed by atoms with van der Waals surface area (Å²) in [7, 11) is 0. The Balaban J connectivity index is 2.67. The maximum Gasteiger partial charge on any atom is 0.336 e. The first kappa shape index (κ1) is 16.1. The van der Waals surface area contributed by atoms with Crippen LogP contribution in [0.25, 0.3) is 0 Å². The van der Waals surface area contributed by atoms with E-state index in [0.29, 0.717) is 0 Å². The SMILES string of the molecule is O=C(O)c1ccccc1C(=O)c1c(Cl)cc(Cl)c(Cl)c1Cl. The second-order valence-electron chi connectivity index (χ2n) is 4.02. The molecule has 0 heterocycles. The van der Waals surface area contributed by atoms with Crippen LogP contribution in [0.4, 0.5) is 0 Å². The van der Waals surface area contributed by atoms with Gasteiger partial charge in [-0.3, -0.25) is 4.79 Å². The Hall–Kier alpha value is -1.26. The molecular formula is C14H6Cl4O3. The fraction of sp³-hybridized carbons (Fsp3) is 0. The lowest BCUT2D eigenvalue weighted by atomic mass is 9.98. The predicted octanol–water partition coefficient (Wildman–Crippen LogP) is 5.23. The quantitative estimate of drug-likeness (QED) is 0.461. The van der Waals surface area contributed by atoms with Crippen molar-refractivity contribution in [2.45, 2.75) is 0 Å². The maximum absolute atomic E-state index is 12.5. The van der Waals surface area contributed by atoms with Crippen LogP contribution in [0.1, 0.15) is 26.3 Å². The van der Waals surface area contributed by atoms with Crippen molar-refractivity contribution in [3.63, 3.8) is 0 Å². The van der Waals surface area contributed by atoms with E-state index in [4.69, 9.17) is 51.5 Å². The van der Waals surface area contributed by atoms with Crippen LogP contribution >= 0.6 is 46.4 Å². The zero-order valence-electron chi connectivity index (χ0n) is 10.2. The molecule has 7 heteroatoms. The van der Waals surface area contributed by atoms with E-state index in [9.17, 15) is 9.59 Å². The maximum atomic E-state index is 12.5. The molecule has 0 aliphatic carbocycles.